The van der Waals surface area contributed by atoms with Crippen LogP contribution < -0.4 is 0 Å². The summed E-state index contributed by atoms with van der Waals surface area (Å²) in [7, 11) is 0. The Morgan fingerprint density at radius 3 is 2.53 bits per heavy atom. The van der Waals surface area contributed by atoms with Crippen LogP contribution in [0.4, 0.5) is 0 Å². The minimum Gasteiger partial charge on any atom is -0.317 e. The Bertz CT molecular complexity index is 471. The quantitative estimate of drug-likeness (QED) is 0.435. The lowest BCUT2D eigenvalue weighted by atomic mass is 10.2. The summed E-state index contributed by atoms with van der Waals surface area (Å²) >= 11 is 3.91. The van der Waals surface area contributed by atoms with Gasteiger partial charge in [-0.25, -0.2) is 0 Å². The molecule has 0 spiro atoms. The standard InChI is InChI=1S/C16H21NS2/c1-13-7-6-8-14(2)16(13)18-11-12-19-17-10-5-4-9-15(17)3/h4-9H,10-12H2,1-3H3. The summed E-state index contributed by atoms with van der Waals surface area (Å²) in [5.41, 5.74) is 4.14. The highest BCUT2D eigenvalue weighted by atomic mass is 32.2. The van der Waals surface area contributed by atoms with E-state index in [1.165, 1.54) is 21.7 Å². The Morgan fingerprint density at radius 2 is 1.84 bits per heavy atom. The van der Waals surface area contributed by atoms with E-state index in [1.807, 2.05) is 23.7 Å². The van der Waals surface area contributed by atoms with Crippen molar-refractivity contribution in [1.82, 2.24) is 4.31 Å². The summed E-state index contributed by atoms with van der Waals surface area (Å²) in [5.74, 6) is 2.31. The van der Waals surface area contributed by atoms with Crippen LogP contribution in [0.2, 0.25) is 0 Å². The predicted octanol–water partition coefficient (Wildman–Crippen LogP) is 4.82. The van der Waals surface area contributed by atoms with Crippen molar-refractivity contribution >= 4 is 23.7 Å². The Kier molecular flexibility index (Phi) is 5.46. The maximum Gasteiger partial charge on any atom is 0.0476 e. The average molecular weight is 291 g/mol. The molecule has 102 valence electrons. The zero-order chi connectivity index (χ0) is 13.7. The van der Waals surface area contributed by atoms with Gasteiger partial charge in [-0.2, -0.15) is 0 Å². The molecule has 0 amide bonds. The van der Waals surface area contributed by atoms with Crippen molar-refractivity contribution in [1.29, 1.82) is 0 Å². The second-order valence-electron chi connectivity index (χ2n) is 4.70. The van der Waals surface area contributed by atoms with Crippen LogP contribution in [0.5, 0.6) is 0 Å². The van der Waals surface area contributed by atoms with Gasteiger partial charge in [-0.05, 0) is 49.9 Å². The van der Waals surface area contributed by atoms with E-state index in [1.54, 1.807) is 0 Å². The summed E-state index contributed by atoms with van der Waals surface area (Å²) in [6, 6.07) is 6.54. The monoisotopic (exact) mass is 291 g/mol. The molecule has 1 heterocycles. The molecule has 0 radical (unpaired) electrons. The zero-order valence-corrected chi connectivity index (χ0v) is 13.5. The van der Waals surface area contributed by atoms with Crippen LogP contribution >= 0.6 is 23.7 Å². The van der Waals surface area contributed by atoms with Gasteiger partial charge in [0.15, 0.2) is 0 Å². The van der Waals surface area contributed by atoms with E-state index < -0.39 is 0 Å². The van der Waals surface area contributed by atoms with Gasteiger partial charge in [-0.1, -0.05) is 30.4 Å². The van der Waals surface area contributed by atoms with Crippen molar-refractivity contribution in [2.24, 2.45) is 0 Å². The van der Waals surface area contributed by atoms with Crippen molar-refractivity contribution in [3.05, 3.63) is 53.3 Å². The largest absolute Gasteiger partial charge is 0.317 e. The summed E-state index contributed by atoms with van der Waals surface area (Å²) < 4.78 is 2.37. The lowest BCUT2D eigenvalue weighted by Crippen LogP contribution is -2.16. The van der Waals surface area contributed by atoms with Gasteiger partial charge in [0.2, 0.25) is 0 Å². The normalized spacial score (nSPS) is 14.7. The molecule has 0 N–H and O–H groups in total. The third kappa shape index (κ3) is 4.08. The van der Waals surface area contributed by atoms with Crippen LogP contribution in [0.3, 0.4) is 0 Å². The highest BCUT2D eigenvalue weighted by Crippen LogP contribution is 2.28. The SMILES string of the molecule is CC1=CC=CCN1SCCSc1c(C)cccc1C. The molecule has 3 heteroatoms. The number of thioether (sulfide) groups is 1. The molecule has 19 heavy (non-hydrogen) atoms. The molecule has 1 aliphatic rings. The van der Waals surface area contributed by atoms with Crippen LogP contribution in [-0.4, -0.2) is 22.4 Å². The molecule has 0 fully saturated rings. The third-order valence-corrected chi connectivity index (χ3v) is 5.86. The molecule has 0 aromatic heterocycles. The molecular weight excluding hydrogens is 270 g/mol. The van der Waals surface area contributed by atoms with Gasteiger partial charge in [0.1, 0.15) is 0 Å². The summed E-state index contributed by atoms with van der Waals surface area (Å²) in [5, 5.41) is 0. The Balaban J connectivity index is 1.78. The van der Waals surface area contributed by atoms with E-state index in [2.05, 4.69) is 61.5 Å². The molecule has 1 nitrogen and oxygen atoms in total. The second-order valence-corrected chi connectivity index (χ2v) is 6.91. The van der Waals surface area contributed by atoms with Crippen LogP contribution in [0.1, 0.15) is 18.1 Å². The molecule has 1 aromatic rings. The highest BCUT2D eigenvalue weighted by Gasteiger charge is 2.07. The third-order valence-electron chi connectivity index (χ3n) is 3.12. The van der Waals surface area contributed by atoms with Gasteiger partial charge >= 0.3 is 0 Å². The molecule has 0 atom stereocenters. The molecule has 1 aliphatic heterocycles. The molecule has 1 aromatic carbocycles. The van der Waals surface area contributed by atoms with Gasteiger partial charge in [0.05, 0.1) is 0 Å². The van der Waals surface area contributed by atoms with Crippen LogP contribution in [0.25, 0.3) is 0 Å². The first-order valence-corrected chi connectivity index (χ1v) is 8.54. The fourth-order valence-corrected chi connectivity index (χ4v) is 4.17. The first-order valence-electron chi connectivity index (χ1n) is 6.61. The summed E-state index contributed by atoms with van der Waals surface area (Å²) in [6.07, 6.45) is 6.52. The van der Waals surface area contributed by atoms with Crippen molar-refractivity contribution < 1.29 is 0 Å². The maximum atomic E-state index is 2.37. The van der Waals surface area contributed by atoms with Crippen LogP contribution in [0, 0.1) is 13.8 Å². The van der Waals surface area contributed by atoms with Crippen LogP contribution in [-0.2, 0) is 0 Å². The number of hydrogen-bond donors (Lipinski definition) is 0. The van der Waals surface area contributed by atoms with E-state index in [0.29, 0.717) is 0 Å². The summed E-state index contributed by atoms with van der Waals surface area (Å²) in [4.78, 5) is 1.45. The van der Waals surface area contributed by atoms with Crippen LogP contribution in [0.15, 0.2) is 47.0 Å². The molecule has 0 bridgehead atoms. The Labute approximate surface area is 125 Å². The first kappa shape index (κ1) is 14.6. The highest BCUT2D eigenvalue weighted by molar-refractivity contribution is 8.02. The molecule has 0 saturated heterocycles. The summed E-state index contributed by atoms with van der Waals surface area (Å²) in [6.45, 7) is 7.60. The number of benzene rings is 1. The minimum atomic E-state index is 1.03. The van der Waals surface area contributed by atoms with E-state index in [4.69, 9.17) is 0 Å². The van der Waals surface area contributed by atoms with Crippen molar-refractivity contribution in [2.45, 2.75) is 25.7 Å². The van der Waals surface area contributed by atoms with E-state index in [9.17, 15) is 0 Å². The topological polar surface area (TPSA) is 3.24 Å². The molecule has 0 unspecified atom stereocenters. The first-order chi connectivity index (χ1) is 9.18. The fraction of sp³-hybridized carbons (Fsp3) is 0.375. The number of rotatable bonds is 5. The van der Waals surface area contributed by atoms with Gasteiger partial charge in [-0.15, -0.1) is 11.8 Å². The fourth-order valence-electron chi connectivity index (χ4n) is 2.06. The Morgan fingerprint density at radius 1 is 1.11 bits per heavy atom. The average Bonchev–Trinajstić information content (AvgIpc) is 2.39. The number of allylic oxidation sites excluding steroid dienone is 3. The molecule has 0 saturated carbocycles. The molecular formula is C16H21NS2. The van der Waals surface area contributed by atoms with E-state index >= 15 is 0 Å². The lowest BCUT2D eigenvalue weighted by Gasteiger charge is -2.24. The van der Waals surface area contributed by atoms with Crippen molar-refractivity contribution in [3.8, 4) is 0 Å². The van der Waals surface area contributed by atoms with E-state index in [-0.39, 0.29) is 0 Å². The Hall–Kier alpha value is -0.800. The van der Waals surface area contributed by atoms with Crippen molar-refractivity contribution in [3.63, 3.8) is 0 Å². The van der Waals surface area contributed by atoms with Gasteiger partial charge in [-0.3, -0.25) is 0 Å². The van der Waals surface area contributed by atoms with Crippen molar-refractivity contribution in [2.75, 3.05) is 18.1 Å². The predicted molar refractivity (Wildman–Crippen MR) is 88.7 cm³/mol. The molecule has 0 aliphatic carbocycles. The van der Waals surface area contributed by atoms with Gasteiger partial charge < -0.3 is 4.31 Å². The number of nitrogens with zero attached hydrogens (tertiary/aromatic N) is 1. The molecule has 2 rings (SSSR count). The van der Waals surface area contributed by atoms with Gasteiger partial charge in [0, 0.05) is 28.6 Å². The maximum absolute atomic E-state index is 2.37. The number of aryl methyl sites for hydroxylation is 2. The lowest BCUT2D eigenvalue weighted by molar-refractivity contribution is 0.632. The van der Waals surface area contributed by atoms with Gasteiger partial charge in [0.25, 0.3) is 0 Å². The number of hydrogen-bond acceptors (Lipinski definition) is 3. The smallest absolute Gasteiger partial charge is 0.0476 e. The van der Waals surface area contributed by atoms with E-state index in [0.717, 1.165) is 18.1 Å². The second kappa shape index (κ2) is 7.11. The zero-order valence-electron chi connectivity index (χ0n) is 11.8. The minimum absolute atomic E-state index is 1.03.